The third-order valence-electron chi connectivity index (χ3n) is 6.08. The fourth-order valence-electron chi connectivity index (χ4n) is 4.28. The number of likely N-dealkylation sites (N-methyl/N-ethyl adjacent to an activating group) is 1. The molecule has 0 radical (unpaired) electrons. The Bertz CT molecular complexity index is 979. The number of hydrogen-bond donors (Lipinski definition) is 2. The number of thiocarbonyl (C=S) groups is 1. The minimum absolute atomic E-state index is 0.0955. The lowest BCUT2D eigenvalue weighted by molar-refractivity contribution is -0.148. The number of nitrogens with zero attached hydrogens (tertiary/aromatic N) is 5. The van der Waals surface area contributed by atoms with Crippen molar-refractivity contribution in [3.05, 3.63) is 27.9 Å². The van der Waals surface area contributed by atoms with Crippen LogP contribution in [-0.2, 0) is 14.3 Å². The van der Waals surface area contributed by atoms with Crippen LogP contribution in [0, 0.1) is 5.41 Å². The number of hydrogen-bond acceptors (Lipinski definition) is 10. The number of esters is 1. The van der Waals surface area contributed by atoms with Crippen molar-refractivity contribution in [1.82, 2.24) is 25.0 Å². The fourth-order valence-corrected chi connectivity index (χ4v) is 5.16. The van der Waals surface area contributed by atoms with Crippen LogP contribution in [0.4, 0.5) is 0 Å². The number of amidine groups is 1. The molecule has 2 aliphatic heterocycles. The number of rotatable bonds is 11. The van der Waals surface area contributed by atoms with E-state index in [-0.39, 0.29) is 18.6 Å². The van der Waals surface area contributed by atoms with Crippen LogP contribution in [0.15, 0.2) is 27.8 Å². The summed E-state index contributed by atoms with van der Waals surface area (Å²) in [7, 11) is 1.94. The number of carboxylic acids is 1. The quantitative estimate of drug-likeness (QED) is 0.326. The first kappa shape index (κ1) is 27.2. The van der Waals surface area contributed by atoms with E-state index in [0.29, 0.717) is 37.6 Å². The molecule has 35 heavy (non-hydrogen) atoms. The Hall–Kier alpha value is -2.41. The number of carbonyl (C=O) groups is 2. The summed E-state index contributed by atoms with van der Waals surface area (Å²) >= 11 is 6.75. The first-order valence-electron chi connectivity index (χ1n) is 11.6. The molecule has 2 aliphatic rings. The predicted molar refractivity (Wildman–Crippen MR) is 140 cm³/mol. The van der Waals surface area contributed by atoms with Gasteiger partial charge in [0.15, 0.2) is 10.8 Å². The molecule has 10 nitrogen and oxygen atoms in total. The van der Waals surface area contributed by atoms with Gasteiger partial charge in [0.25, 0.3) is 0 Å². The number of nitrogens with one attached hydrogen (secondary N) is 1. The van der Waals surface area contributed by atoms with Crippen LogP contribution in [0.25, 0.3) is 0 Å². The van der Waals surface area contributed by atoms with Crippen LogP contribution >= 0.6 is 23.6 Å². The largest absolute Gasteiger partial charge is 0.481 e. The summed E-state index contributed by atoms with van der Waals surface area (Å²) in [6.07, 6.45) is 1.73. The number of ether oxygens (including phenoxy) is 1. The van der Waals surface area contributed by atoms with Gasteiger partial charge in [-0.05, 0) is 27.8 Å². The van der Waals surface area contributed by atoms with Gasteiger partial charge in [0.05, 0.1) is 35.7 Å². The number of aromatic nitrogens is 1. The Labute approximate surface area is 215 Å². The molecule has 192 valence electrons. The summed E-state index contributed by atoms with van der Waals surface area (Å²) in [6.45, 7) is 9.67. The third kappa shape index (κ3) is 7.06. The maximum absolute atomic E-state index is 12.6. The van der Waals surface area contributed by atoms with Crippen LogP contribution in [0.1, 0.15) is 25.8 Å². The van der Waals surface area contributed by atoms with E-state index in [4.69, 9.17) is 17.0 Å². The average molecular weight is 523 g/mol. The van der Waals surface area contributed by atoms with Gasteiger partial charge in [-0.15, -0.1) is 11.3 Å². The second kappa shape index (κ2) is 12.0. The molecule has 1 saturated heterocycles. The van der Waals surface area contributed by atoms with Gasteiger partial charge in [-0.25, -0.2) is 9.78 Å². The average Bonchev–Trinajstić information content (AvgIpc) is 3.34. The van der Waals surface area contributed by atoms with Crippen LogP contribution in [-0.4, -0.2) is 114 Å². The maximum Gasteiger partial charge on any atom is 0.337 e. The molecule has 1 unspecified atom stereocenters. The Kier molecular flexibility index (Phi) is 9.34. The van der Waals surface area contributed by atoms with Crippen molar-refractivity contribution < 1.29 is 19.4 Å². The highest BCUT2D eigenvalue weighted by Crippen LogP contribution is 2.20. The molecular weight excluding hydrogens is 488 g/mol. The Balaban J connectivity index is 1.73. The second-order valence-corrected chi connectivity index (χ2v) is 10.5. The molecule has 2 N–H and O–H groups in total. The number of carbonyl (C=O) groups excluding carboxylic acids is 1. The van der Waals surface area contributed by atoms with Crippen LogP contribution in [0.2, 0.25) is 0 Å². The van der Waals surface area contributed by atoms with Gasteiger partial charge in [0.1, 0.15) is 0 Å². The summed E-state index contributed by atoms with van der Waals surface area (Å²) in [5.74, 6) is -0.518. The molecule has 1 aromatic heterocycles. The molecule has 0 aromatic carbocycles. The van der Waals surface area contributed by atoms with Crippen molar-refractivity contribution >= 4 is 46.8 Å². The van der Waals surface area contributed by atoms with Crippen LogP contribution in [0.3, 0.4) is 0 Å². The fraction of sp³-hybridized carbons (Fsp3) is 0.609. The van der Waals surface area contributed by atoms with Gasteiger partial charge in [0, 0.05) is 56.5 Å². The van der Waals surface area contributed by atoms with E-state index in [1.807, 2.05) is 17.3 Å². The Morgan fingerprint density at radius 1 is 1.43 bits per heavy atom. The van der Waals surface area contributed by atoms with Gasteiger partial charge < -0.3 is 25.0 Å². The molecular formula is C23H34N6O4S2. The monoisotopic (exact) mass is 522 g/mol. The van der Waals surface area contributed by atoms with E-state index in [2.05, 4.69) is 25.1 Å². The molecule has 0 saturated carbocycles. The van der Waals surface area contributed by atoms with Crippen molar-refractivity contribution in [3.8, 4) is 0 Å². The predicted octanol–water partition coefficient (Wildman–Crippen LogP) is 1.30. The van der Waals surface area contributed by atoms with Crippen molar-refractivity contribution in [2.45, 2.75) is 26.8 Å². The second-order valence-electron chi connectivity index (χ2n) is 9.42. The highest BCUT2D eigenvalue weighted by molar-refractivity contribution is 7.78. The molecule has 12 heteroatoms. The lowest BCUT2D eigenvalue weighted by atomic mass is 9.93. The summed E-state index contributed by atoms with van der Waals surface area (Å²) in [4.78, 5) is 39.5. The maximum atomic E-state index is 12.6. The topological polar surface area (TPSA) is 111 Å². The molecule has 1 fully saturated rings. The van der Waals surface area contributed by atoms with E-state index >= 15 is 0 Å². The van der Waals surface area contributed by atoms with E-state index in [9.17, 15) is 14.7 Å². The van der Waals surface area contributed by atoms with Gasteiger partial charge in [0.2, 0.25) is 0 Å². The summed E-state index contributed by atoms with van der Waals surface area (Å²) < 4.78 is 5.28. The third-order valence-corrected chi connectivity index (χ3v) is 7.13. The van der Waals surface area contributed by atoms with Crippen molar-refractivity contribution in [1.29, 1.82) is 0 Å². The normalized spacial score (nSPS) is 19.4. The zero-order chi connectivity index (χ0) is 25.6. The minimum atomic E-state index is -0.845. The molecule has 1 atom stereocenters. The summed E-state index contributed by atoms with van der Waals surface area (Å²) in [6, 6.07) is 0.0955. The lowest BCUT2D eigenvalue weighted by Crippen LogP contribution is -2.57. The van der Waals surface area contributed by atoms with Gasteiger partial charge >= 0.3 is 11.9 Å². The van der Waals surface area contributed by atoms with Crippen molar-refractivity contribution in [3.63, 3.8) is 0 Å². The molecule has 0 bridgehead atoms. The zero-order valence-electron chi connectivity index (χ0n) is 20.7. The number of aliphatic imine (C=N–C) groups is 1. The van der Waals surface area contributed by atoms with E-state index < -0.39 is 11.4 Å². The van der Waals surface area contributed by atoms with Gasteiger partial charge in [-0.1, -0.05) is 12.2 Å². The zero-order valence-corrected chi connectivity index (χ0v) is 22.3. The van der Waals surface area contributed by atoms with Crippen LogP contribution < -0.4 is 5.32 Å². The molecule has 3 heterocycles. The van der Waals surface area contributed by atoms with Crippen molar-refractivity contribution in [2.24, 2.45) is 10.4 Å². The highest BCUT2D eigenvalue weighted by atomic mass is 32.1. The summed E-state index contributed by atoms with van der Waals surface area (Å²) in [5.41, 5.74) is 2.15. The first-order valence-corrected chi connectivity index (χ1v) is 13.0. The number of thiazole rings is 1. The Morgan fingerprint density at radius 3 is 2.83 bits per heavy atom. The summed E-state index contributed by atoms with van der Waals surface area (Å²) in [5, 5.41) is 15.5. The highest BCUT2D eigenvalue weighted by Gasteiger charge is 2.33. The SMILES string of the molecule is CCOC(=O)C1=C(CN2CCN(C=S)C(CN(C)CC(C)(C)C(=O)O)C2)NC(c2nccs2)=NC1. The van der Waals surface area contributed by atoms with E-state index in [1.54, 1.807) is 32.5 Å². The van der Waals surface area contributed by atoms with Crippen molar-refractivity contribution in [2.75, 3.05) is 59.5 Å². The number of piperazine rings is 1. The van der Waals surface area contributed by atoms with Gasteiger partial charge in [-0.2, -0.15) is 0 Å². The van der Waals surface area contributed by atoms with E-state index in [0.717, 1.165) is 30.3 Å². The first-order chi connectivity index (χ1) is 16.6. The lowest BCUT2D eigenvalue weighted by Gasteiger charge is -2.43. The molecule has 3 rings (SSSR count). The van der Waals surface area contributed by atoms with E-state index in [1.165, 1.54) is 11.3 Å². The number of carboxylic acid groups (broad SMARTS) is 1. The Morgan fingerprint density at radius 2 is 2.20 bits per heavy atom. The molecule has 0 spiro atoms. The standard InChI is InChI=1S/C23H34N6O4S2/c1-5-33-21(30)17-10-25-19(20-24-6-9-35-20)26-18(17)13-28-7-8-29(15-34)16(12-28)11-27(4)14-23(2,3)22(31)32/h6,9,15-16H,5,7-8,10-14H2,1-4H3,(H,25,26)(H,31,32). The molecule has 0 amide bonds. The van der Waals surface area contributed by atoms with Crippen LogP contribution in [0.5, 0.6) is 0 Å². The smallest absolute Gasteiger partial charge is 0.337 e. The molecule has 1 aromatic rings. The minimum Gasteiger partial charge on any atom is -0.481 e. The number of aliphatic carboxylic acids is 1. The van der Waals surface area contributed by atoms with Gasteiger partial charge in [-0.3, -0.25) is 14.7 Å². The molecule has 0 aliphatic carbocycles.